The van der Waals surface area contributed by atoms with Crippen molar-refractivity contribution in [1.29, 1.82) is 0 Å². The minimum atomic E-state index is -0.149. The second kappa shape index (κ2) is 5.92. The fourth-order valence-electron chi connectivity index (χ4n) is 1.27. The van der Waals surface area contributed by atoms with Crippen molar-refractivity contribution < 1.29 is 9.59 Å². The molecule has 15 heavy (non-hydrogen) atoms. The summed E-state index contributed by atoms with van der Waals surface area (Å²) in [4.78, 5) is 24.2. The summed E-state index contributed by atoms with van der Waals surface area (Å²) in [5, 5.41) is 2.96. The molecular weight excluding hydrogens is 212 g/mol. The molecule has 2 amide bonds. The van der Waals surface area contributed by atoms with Crippen LogP contribution in [0.25, 0.3) is 0 Å². The first kappa shape index (κ1) is 12.3. The predicted molar refractivity (Wildman–Crippen MR) is 61.9 cm³/mol. The molecule has 0 aromatic rings. The lowest BCUT2D eigenvalue weighted by Gasteiger charge is -2.24. The molecule has 5 heteroatoms. The number of likely N-dealkylation sites (N-methyl/N-ethyl adjacent to an activating group) is 1. The first-order valence-corrected chi connectivity index (χ1v) is 5.98. The van der Waals surface area contributed by atoms with E-state index in [0.717, 1.165) is 12.1 Å². The third kappa shape index (κ3) is 3.68. The summed E-state index contributed by atoms with van der Waals surface area (Å²) in [5.41, 5.74) is 0.862. The molecule has 4 nitrogen and oxygen atoms in total. The van der Waals surface area contributed by atoms with Gasteiger partial charge in [0.25, 0.3) is 5.24 Å². The van der Waals surface area contributed by atoms with Crippen LogP contribution >= 0.6 is 11.8 Å². The van der Waals surface area contributed by atoms with Gasteiger partial charge < -0.3 is 5.32 Å². The Morgan fingerprint density at radius 1 is 1.60 bits per heavy atom. The van der Waals surface area contributed by atoms with Gasteiger partial charge in [-0.2, -0.15) is 0 Å². The van der Waals surface area contributed by atoms with E-state index in [9.17, 15) is 9.59 Å². The molecule has 0 unspecified atom stereocenters. The Morgan fingerprint density at radius 3 is 2.93 bits per heavy atom. The number of rotatable bonds is 5. The maximum absolute atomic E-state index is 11.4. The van der Waals surface area contributed by atoms with Crippen molar-refractivity contribution in [2.24, 2.45) is 0 Å². The van der Waals surface area contributed by atoms with Crippen LogP contribution in [-0.4, -0.2) is 41.4 Å². The summed E-state index contributed by atoms with van der Waals surface area (Å²) in [6.45, 7) is 7.69. The highest BCUT2D eigenvalue weighted by atomic mass is 32.2. The molecule has 1 fully saturated rings. The van der Waals surface area contributed by atoms with Crippen LogP contribution in [-0.2, 0) is 4.79 Å². The third-order valence-electron chi connectivity index (χ3n) is 2.07. The van der Waals surface area contributed by atoms with E-state index in [1.165, 1.54) is 16.7 Å². The van der Waals surface area contributed by atoms with Crippen LogP contribution in [0.5, 0.6) is 0 Å². The van der Waals surface area contributed by atoms with E-state index in [1.54, 1.807) is 0 Å². The molecule has 84 valence electrons. The zero-order chi connectivity index (χ0) is 11.3. The average molecular weight is 228 g/mol. The molecule has 0 bridgehead atoms. The SMILES string of the molecule is C=C(CNCC)CN1C(=O)CCSC1=O. The summed E-state index contributed by atoms with van der Waals surface area (Å²) in [6.07, 6.45) is 0.449. The molecule has 0 aromatic carbocycles. The molecule has 1 rings (SSSR count). The van der Waals surface area contributed by atoms with Crippen LogP contribution in [0, 0.1) is 0 Å². The van der Waals surface area contributed by atoms with Crippen LogP contribution in [0.4, 0.5) is 4.79 Å². The number of carbonyl (C=O) groups is 2. The number of thioether (sulfide) groups is 1. The van der Waals surface area contributed by atoms with Gasteiger partial charge in [0.1, 0.15) is 0 Å². The number of nitrogens with zero attached hydrogens (tertiary/aromatic N) is 1. The largest absolute Gasteiger partial charge is 0.313 e. The van der Waals surface area contributed by atoms with E-state index in [-0.39, 0.29) is 11.1 Å². The smallest absolute Gasteiger partial charge is 0.288 e. The standard InChI is InChI=1S/C10H16N2O2S/c1-3-11-6-8(2)7-12-9(13)4-5-15-10(12)14/h11H,2-7H2,1H3. The van der Waals surface area contributed by atoms with Crippen LogP contribution in [0.15, 0.2) is 12.2 Å². The van der Waals surface area contributed by atoms with Crippen LogP contribution in [0.1, 0.15) is 13.3 Å². The normalized spacial score (nSPS) is 17.0. The summed E-state index contributed by atoms with van der Waals surface area (Å²) in [6, 6.07) is 0. The van der Waals surface area contributed by atoms with E-state index in [0.29, 0.717) is 25.3 Å². The molecule has 0 atom stereocenters. The lowest BCUT2D eigenvalue weighted by molar-refractivity contribution is -0.127. The Bertz CT molecular complexity index is 263. The molecule has 1 saturated heterocycles. The Kier molecular flexibility index (Phi) is 4.84. The Labute approximate surface area is 94.1 Å². The van der Waals surface area contributed by atoms with Crippen molar-refractivity contribution in [2.45, 2.75) is 13.3 Å². The maximum Gasteiger partial charge on any atom is 0.288 e. The molecule has 1 N–H and O–H groups in total. The van der Waals surface area contributed by atoms with Crippen molar-refractivity contribution in [2.75, 3.05) is 25.4 Å². The molecule has 0 radical (unpaired) electrons. The lowest BCUT2D eigenvalue weighted by atomic mass is 10.2. The number of carbonyl (C=O) groups excluding carboxylic acids is 2. The van der Waals surface area contributed by atoms with E-state index < -0.39 is 0 Å². The average Bonchev–Trinajstić information content (AvgIpc) is 2.21. The second-order valence-electron chi connectivity index (χ2n) is 3.37. The fourth-order valence-corrected chi connectivity index (χ4v) is 2.05. The highest BCUT2D eigenvalue weighted by molar-refractivity contribution is 8.13. The van der Waals surface area contributed by atoms with Gasteiger partial charge in [-0.3, -0.25) is 14.5 Å². The Hall–Kier alpha value is -0.810. The Balaban J connectivity index is 2.44. The van der Waals surface area contributed by atoms with Gasteiger partial charge in [-0.1, -0.05) is 25.3 Å². The van der Waals surface area contributed by atoms with Gasteiger partial charge in [-0.15, -0.1) is 0 Å². The molecule has 0 aromatic heterocycles. The van der Waals surface area contributed by atoms with Crippen LogP contribution < -0.4 is 5.32 Å². The number of imide groups is 1. The molecule has 1 heterocycles. The molecule has 0 spiro atoms. The van der Waals surface area contributed by atoms with Crippen molar-refractivity contribution >= 4 is 22.9 Å². The molecule has 1 aliphatic rings. The van der Waals surface area contributed by atoms with Gasteiger partial charge >= 0.3 is 0 Å². The van der Waals surface area contributed by atoms with Crippen LogP contribution in [0.2, 0.25) is 0 Å². The zero-order valence-electron chi connectivity index (χ0n) is 8.91. The summed E-state index contributed by atoms with van der Waals surface area (Å²) < 4.78 is 0. The minimum Gasteiger partial charge on any atom is -0.313 e. The third-order valence-corrected chi connectivity index (χ3v) is 2.95. The predicted octanol–water partition coefficient (Wildman–Crippen LogP) is 1.24. The van der Waals surface area contributed by atoms with Gasteiger partial charge in [-0.05, 0) is 12.1 Å². The first-order valence-electron chi connectivity index (χ1n) is 4.99. The van der Waals surface area contributed by atoms with E-state index >= 15 is 0 Å². The molecule has 1 aliphatic heterocycles. The van der Waals surface area contributed by atoms with E-state index in [2.05, 4.69) is 11.9 Å². The van der Waals surface area contributed by atoms with E-state index in [4.69, 9.17) is 0 Å². The van der Waals surface area contributed by atoms with Crippen molar-refractivity contribution in [3.8, 4) is 0 Å². The topological polar surface area (TPSA) is 49.4 Å². The highest BCUT2D eigenvalue weighted by Gasteiger charge is 2.26. The van der Waals surface area contributed by atoms with Crippen molar-refractivity contribution in [1.82, 2.24) is 10.2 Å². The first-order chi connectivity index (χ1) is 7.15. The van der Waals surface area contributed by atoms with Crippen LogP contribution in [0.3, 0.4) is 0 Å². The monoisotopic (exact) mass is 228 g/mol. The summed E-state index contributed by atoms with van der Waals surface area (Å²) >= 11 is 1.20. The summed E-state index contributed by atoms with van der Waals surface area (Å²) in [7, 11) is 0. The second-order valence-corrected chi connectivity index (χ2v) is 4.42. The molecular formula is C10H16N2O2S. The number of amides is 2. The number of nitrogens with one attached hydrogen (secondary N) is 1. The Morgan fingerprint density at radius 2 is 2.33 bits per heavy atom. The molecule has 0 saturated carbocycles. The van der Waals surface area contributed by atoms with Gasteiger partial charge in [0.05, 0.1) is 6.54 Å². The lowest BCUT2D eigenvalue weighted by Crippen LogP contribution is -2.40. The number of hydrogen-bond donors (Lipinski definition) is 1. The molecule has 0 aliphatic carbocycles. The highest BCUT2D eigenvalue weighted by Crippen LogP contribution is 2.18. The van der Waals surface area contributed by atoms with Gasteiger partial charge in [0, 0.05) is 18.7 Å². The van der Waals surface area contributed by atoms with Crippen molar-refractivity contribution in [3.05, 3.63) is 12.2 Å². The fraction of sp³-hybridized carbons (Fsp3) is 0.600. The zero-order valence-corrected chi connectivity index (χ0v) is 9.73. The minimum absolute atomic E-state index is 0.0867. The van der Waals surface area contributed by atoms with Crippen molar-refractivity contribution in [3.63, 3.8) is 0 Å². The van der Waals surface area contributed by atoms with Gasteiger partial charge in [-0.25, -0.2) is 0 Å². The maximum atomic E-state index is 11.4. The quantitative estimate of drug-likeness (QED) is 0.719. The summed E-state index contributed by atoms with van der Waals surface area (Å²) in [5.74, 6) is 0.518. The van der Waals surface area contributed by atoms with Gasteiger partial charge in [0.2, 0.25) is 5.91 Å². The number of hydrogen-bond acceptors (Lipinski definition) is 4. The van der Waals surface area contributed by atoms with E-state index in [1.807, 2.05) is 6.92 Å². The van der Waals surface area contributed by atoms with Gasteiger partial charge in [0.15, 0.2) is 0 Å².